The predicted octanol–water partition coefficient (Wildman–Crippen LogP) is 3.32. The lowest BCUT2D eigenvalue weighted by atomic mass is 10.1. The van der Waals surface area contributed by atoms with E-state index in [1.807, 2.05) is 69.3 Å². The van der Waals surface area contributed by atoms with Crippen molar-refractivity contribution >= 4 is 11.8 Å². The minimum atomic E-state index is -0.631. The van der Waals surface area contributed by atoms with Crippen LogP contribution in [0.15, 0.2) is 48.5 Å². The van der Waals surface area contributed by atoms with Crippen LogP contribution in [0.3, 0.4) is 0 Å². The normalized spacial score (nSPS) is 11.7. The van der Waals surface area contributed by atoms with Crippen LogP contribution < -0.4 is 14.8 Å². The quantitative estimate of drug-likeness (QED) is 0.704. The number of rotatable bonds is 9. The molecule has 1 N–H and O–H groups in total. The van der Waals surface area contributed by atoms with Crippen molar-refractivity contribution in [3.8, 4) is 11.5 Å². The highest BCUT2D eigenvalue weighted by molar-refractivity contribution is 5.88. The molecule has 2 rings (SSSR count). The summed E-state index contributed by atoms with van der Waals surface area (Å²) in [5.74, 6) is 0.901. The third-order valence-corrected chi connectivity index (χ3v) is 4.49. The minimum absolute atomic E-state index is 0.00769. The fourth-order valence-electron chi connectivity index (χ4n) is 2.78. The molecule has 29 heavy (non-hydrogen) atoms. The Morgan fingerprint density at radius 3 is 2.10 bits per heavy atom. The molecule has 2 amide bonds. The lowest BCUT2D eigenvalue weighted by molar-refractivity contribution is -0.142. The zero-order chi connectivity index (χ0) is 21.4. The van der Waals surface area contributed by atoms with E-state index in [4.69, 9.17) is 9.47 Å². The fourth-order valence-corrected chi connectivity index (χ4v) is 2.78. The summed E-state index contributed by atoms with van der Waals surface area (Å²) >= 11 is 0. The van der Waals surface area contributed by atoms with Gasteiger partial charge in [-0.05, 0) is 57.5 Å². The number of benzene rings is 2. The summed E-state index contributed by atoms with van der Waals surface area (Å²) in [7, 11) is 1.60. The van der Waals surface area contributed by atoms with Gasteiger partial charge in [-0.1, -0.05) is 29.8 Å². The zero-order valence-electron chi connectivity index (χ0n) is 17.8. The summed E-state index contributed by atoms with van der Waals surface area (Å²) in [6.45, 7) is 7.65. The predicted molar refractivity (Wildman–Crippen MR) is 113 cm³/mol. The largest absolute Gasteiger partial charge is 0.497 e. The lowest BCUT2D eigenvalue weighted by Gasteiger charge is -2.29. The van der Waals surface area contributed by atoms with Crippen molar-refractivity contribution in [1.82, 2.24) is 10.2 Å². The number of methoxy groups -OCH3 is 1. The number of amides is 2. The first-order chi connectivity index (χ1) is 13.8. The van der Waals surface area contributed by atoms with E-state index in [1.165, 1.54) is 4.90 Å². The second-order valence-corrected chi connectivity index (χ2v) is 7.31. The molecule has 2 aromatic carbocycles. The van der Waals surface area contributed by atoms with Crippen molar-refractivity contribution in [1.29, 1.82) is 0 Å². The summed E-state index contributed by atoms with van der Waals surface area (Å²) in [5.41, 5.74) is 2.02. The van der Waals surface area contributed by atoms with Crippen LogP contribution in [-0.2, 0) is 16.1 Å². The molecule has 6 heteroatoms. The SMILES string of the molecule is COc1ccc(CN(C(=O)COc2ccc(C)cc2)[C@H](C)C(=O)NC(C)C)cc1. The Balaban J connectivity index is 2.13. The van der Waals surface area contributed by atoms with E-state index in [-0.39, 0.29) is 24.5 Å². The van der Waals surface area contributed by atoms with Gasteiger partial charge in [0.15, 0.2) is 6.61 Å². The van der Waals surface area contributed by atoms with Gasteiger partial charge in [0.1, 0.15) is 17.5 Å². The van der Waals surface area contributed by atoms with Gasteiger partial charge in [0.25, 0.3) is 5.91 Å². The molecule has 1 atom stereocenters. The summed E-state index contributed by atoms with van der Waals surface area (Å²) in [6, 6.07) is 14.3. The van der Waals surface area contributed by atoms with Gasteiger partial charge in [-0.2, -0.15) is 0 Å². The minimum Gasteiger partial charge on any atom is -0.497 e. The number of hydrogen-bond donors (Lipinski definition) is 1. The first-order valence-corrected chi connectivity index (χ1v) is 9.72. The van der Waals surface area contributed by atoms with Gasteiger partial charge in [-0.3, -0.25) is 9.59 Å². The Bertz CT molecular complexity index is 801. The van der Waals surface area contributed by atoms with Crippen molar-refractivity contribution in [2.75, 3.05) is 13.7 Å². The van der Waals surface area contributed by atoms with Crippen molar-refractivity contribution in [2.45, 2.75) is 46.3 Å². The van der Waals surface area contributed by atoms with Crippen LogP contribution in [0.1, 0.15) is 31.9 Å². The molecule has 156 valence electrons. The monoisotopic (exact) mass is 398 g/mol. The van der Waals surface area contributed by atoms with E-state index < -0.39 is 6.04 Å². The van der Waals surface area contributed by atoms with Crippen LogP contribution in [0.5, 0.6) is 11.5 Å². The molecule has 0 fully saturated rings. The third kappa shape index (κ3) is 6.82. The summed E-state index contributed by atoms with van der Waals surface area (Å²) < 4.78 is 10.8. The van der Waals surface area contributed by atoms with Gasteiger partial charge in [0, 0.05) is 12.6 Å². The average Bonchev–Trinajstić information content (AvgIpc) is 2.70. The molecule has 0 heterocycles. The van der Waals surface area contributed by atoms with Crippen LogP contribution in [0.25, 0.3) is 0 Å². The van der Waals surface area contributed by atoms with Gasteiger partial charge in [0.2, 0.25) is 5.91 Å². The van der Waals surface area contributed by atoms with Gasteiger partial charge in [0.05, 0.1) is 7.11 Å². The molecule has 0 unspecified atom stereocenters. The van der Waals surface area contributed by atoms with E-state index >= 15 is 0 Å². The number of hydrogen-bond acceptors (Lipinski definition) is 4. The summed E-state index contributed by atoms with van der Waals surface area (Å²) in [4.78, 5) is 27.0. The Kier molecular flexibility index (Phi) is 8.07. The maximum Gasteiger partial charge on any atom is 0.261 e. The zero-order valence-corrected chi connectivity index (χ0v) is 17.8. The number of carbonyl (C=O) groups excluding carboxylic acids is 2. The van der Waals surface area contributed by atoms with Crippen molar-refractivity contribution < 1.29 is 19.1 Å². The molecule has 0 aromatic heterocycles. The first kappa shape index (κ1) is 22.3. The Hall–Kier alpha value is -3.02. The lowest BCUT2D eigenvalue weighted by Crippen LogP contribution is -2.50. The van der Waals surface area contributed by atoms with E-state index in [1.54, 1.807) is 14.0 Å². The van der Waals surface area contributed by atoms with Crippen LogP contribution in [-0.4, -0.2) is 42.5 Å². The maximum atomic E-state index is 12.9. The van der Waals surface area contributed by atoms with Crippen LogP contribution in [0.2, 0.25) is 0 Å². The van der Waals surface area contributed by atoms with Crippen molar-refractivity contribution in [3.63, 3.8) is 0 Å². The molecule has 0 radical (unpaired) electrons. The number of aryl methyl sites for hydroxylation is 1. The highest BCUT2D eigenvalue weighted by Crippen LogP contribution is 2.16. The average molecular weight is 399 g/mol. The molecule has 0 bridgehead atoms. The van der Waals surface area contributed by atoms with Crippen LogP contribution in [0, 0.1) is 6.92 Å². The van der Waals surface area contributed by atoms with Gasteiger partial charge >= 0.3 is 0 Å². The number of nitrogens with one attached hydrogen (secondary N) is 1. The molecule has 2 aromatic rings. The van der Waals surface area contributed by atoms with Gasteiger partial charge < -0.3 is 19.7 Å². The molecule has 0 aliphatic rings. The number of carbonyl (C=O) groups is 2. The topological polar surface area (TPSA) is 67.9 Å². The smallest absolute Gasteiger partial charge is 0.261 e. The standard InChI is InChI=1S/C23H30N2O4/c1-16(2)24-23(27)18(4)25(14-19-8-12-20(28-5)13-9-19)22(26)15-29-21-10-6-17(3)7-11-21/h6-13,16,18H,14-15H2,1-5H3,(H,24,27)/t18-/m1/s1. The van der Waals surface area contributed by atoms with Gasteiger partial charge in [-0.15, -0.1) is 0 Å². The molecular weight excluding hydrogens is 368 g/mol. The van der Waals surface area contributed by atoms with Crippen LogP contribution in [0.4, 0.5) is 0 Å². The molecular formula is C23H30N2O4. The fraction of sp³-hybridized carbons (Fsp3) is 0.391. The Morgan fingerprint density at radius 1 is 0.966 bits per heavy atom. The van der Waals surface area contributed by atoms with E-state index in [2.05, 4.69) is 5.32 Å². The summed E-state index contributed by atoms with van der Waals surface area (Å²) in [6.07, 6.45) is 0. The molecule has 6 nitrogen and oxygen atoms in total. The second-order valence-electron chi connectivity index (χ2n) is 7.31. The first-order valence-electron chi connectivity index (χ1n) is 9.72. The van der Waals surface area contributed by atoms with Crippen molar-refractivity contribution in [2.24, 2.45) is 0 Å². The molecule has 0 spiro atoms. The summed E-state index contributed by atoms with van der Waals surface area (Å²) in [5, 5.41) is 2.87. The molecule has 0 saturated heterocycles. The molecule has 0 aliphatic heterocycles. The Morgan fingerprint density at radius 2 is 1.55 bits per heavy atom. The highest BCUT2D eigenvalue weighted by atomic mass is 16.5. The van der Waals surface area contributed by atoms with Crippen molar-refractivity contribution in [3.05, 3.63) is 59.7 Å². The molecule has 0 saturated carbocycles. The second kappa shape index (κ2) is 10.5. The Labute approximate surface area is 172 Å². The highest BCUT2D eigenvalue weighted by Gasteiger charge is 2.26. The van der Waals surface area contributed by atoms with E-state index in [0.717, 1.165) is 16.9 Å². The van der Waals surface area contributed by atoms with E-state index in [0.29, 0.717) is 12.3 Å². The number of nitrogens with zero attached hydrogens (tertiary/aromatic N) is 1. The molecule has 0 aliphatic carbocycles. The third-order valence-electron chi connectivity index (χ3n) is 4.49. The maximum absolute atomic E-state index is 12.9. The van der Waals surface area contributed by atoms with Crippen LogP contribution >= 0.6 is 0 Å². The van der Waals surface area contributed by atoms with Gasteiger partial charge in [-0.25, -0.2) is 0 Å². The number of ether oxygens (including phenoxy) is 2. The van der Waals surface area contributed by atoms with E-state index in [9.17, 15) is 9.59 Å².